The Hall–Kier alpha value is -1.89. The first-order chi connectivity index (χ1) is 10.4. The Labute approximate surface area is 128 Å². The van der Waals surface area contributed by atoms with Crippen molar-refractivity contribution in [2.45, 2.75) is 18.6 Å². The van der Waals surface area contributed by atoms with Gasteiger partial charge in [0, 0.05) is 24.0 Å². The van der Waals surface area contributed by atoms with E-state index < -0.39 is 15.1 Å². The maximum absolute atomic E-state index is 13.7. The van der Waals surface area contributed by atoms with Crippen molar-refractivity contribution in [2.24, 2.45) is 0 Å². The number of fused-ring (bicyclic) bond motifs is 1. The minimum atomic E-state index is -3.14. The van der Waals surface area contributed by atoms with Crippen LogP contribution in [0.5, 0.6) is 0 Å². The van der Waals surface area contributed by atoms with Crippen molar-refractivity contribution in [3.05, 3.63) is 35.8 Å². The number of nitrogens with zero attached hydrogens (tertiary/aromatic N) is 1. The summed E-state index contributed by atoms with van der Waals surface area (Å²) in [6.45, 7) is 2.22. The first-order valence-electron chi connectivity index (χ1n) is 7.16. The highest BCUT2D eigenvalue weighted by Crippen LogP contribution is 2.21. The normalized spacial score (nSPS) is 21.7. The van der Waals surface area contributed by atoms with Crippen LogP contribution < -0.4 is 0 Å². The fourth-order valence-corrected chi connectivity index (χ4v) is 4.02. The molecule has 1 N–H and O–H groups in total. The van der Waals surface area contributed by atoms with Crippen LogP contribution in [0, 0.1) is 5.82 Å². The lowest BCUT2D eigenvalue weighted by Gasteiger charge is -2.18. The smallest absolute Gasteiger partial charge is 0.270 e. The van der Waals surface area contributed by atoms with Gasteiger partial charge in [0.25, 0.3) is 5.91 Å². The number of halogens is 1. The van der Waals surface area contributed by atoms with Crippen LogP contribution in [0.3, 0.4) is 0 Å². The lowest BCUT2D eigenvalue weighted by molar-refractivity contribution is 0.0762. The van der Waals surface area contributed by atoms with Crippen LogP contribution >= 0.6 is 0 Å². The van der Waals surface area contributed by atoms with Crippen LogP contribution in [-0.2, 0) is 9.84 Å². The number of aromatic amines is 1. The average molecular weight is 324 g/mol. The van der Waals surface area contributed by atoms with Gasteiger partial charge >= 0.3 is 0 Å². The number of amides is 1. The van der Waals surface area contributed by atoms with Crippen molar-refractivity contribution in [2.75, 3.05) is 18.8 Å². The van der Waals surface area contributed by atoms with Crippen LogP contribution in [0.2, 0.25) is 0 Å². The van der Waals surface area contributed by atoms with Gasteiger partial charge < -0.3 is 9.88 Å². The molecule has 0 aliphatic carbocycles. The van der Waals surface area contributed by atoms with Crippen LogP contribution in [-0.4, -0.2) is 48.3 Å². The predicted octanol–water partition coefficient (Wildman–Crippen LogP) is 1.96. The van der Waals surface area contributed by atoms with Crippen molar-refractivity contribution >= 4 is 26.6 Å². The standard InChI is InChI=1S/C15H17FN2O3S/c1-10-5-6-18(7-8-22(10,20)21)15(19)14-9-11-12(16)3-2-4-13(11)17-14/h2-4,9-10,17H,5-8H2,1H3. The maximum Gasteiger partial charge on any atom is 0.270 e. The van der Waals surface area contributed by atoms with Gasteiger partial charge in [0.05, 0.1) is 11.0 Å². The molecule has 1 amide bonds. The predicted molar refractivity (Wildman–Crippen MR) is 82.0 cm³/mol. The minimum Gasteiger partial charge on any atom is -0.350 e. The molecule has 2 heterocycles. The van der Waals surface area contributed by atoms with Gasteiger partial charge in [-0.1, -0.05) is 6.07 Å². The molecule has 0 radical (unpaired) electrons. The molecule has 1 aliphatic heterocycles. The summed E-state index contributed by atoms with van der Waals surface area (Å²) < 4.78 is 37.5. The summed E-state index contributed by atoms with van der Waals surface area (Å²) in [5.74, 6) is -0.714. The topological polar surface area (TPSA) is 70.2 Å². The molecular weight excluding hydrogens is 307 g/mol. The molecule has 1 aromatic heterocycles. The Morgan fingerprint density at radius 3 is 2.86 bits per heavy atom. The number of nitrogens with one attached hydrogen (secondary N) is 1. The number of hydrogen-bond acceptors (Lipinski definition) is 3. The molecule has 1 aromatic carbocycles. The van der Waals surface area contributed by atoms with E-state index >= 15 is 0 Å². The Bertz CT molecular complexity index is 828. The molecule has 3 rings (SSSR count). The Balaban J connectivity index is 1.88. The number of rotatable bonds is 1. The first kappa shape index (κ1) is 15.0. The lowest BCUT2D eigenvalue weighted by Crippen LogP contribution is -2.33. The monoisotopic (exact) mass is 324 g/mol. The number of carbonyl (C=O) groups excluding carboxylic acids is 1. The van der Waals surface area contributed by atoms with Gasteiger partial charge in [0.15, 0.2) is 9.84 Å². The SMILES string of the molecule is CC1CCN(C(=O)c2cc3c(F)cccc3[nH]2)CCS1(=O)=O. The van der Waals surface area contributed by atoms with E-state index in [1.54, 1.807) is 19.1 Å². The molecule has 7 heteroatoms. The third-order valence-corrected chi connectivity index (χ3v) is 6.41. The van der Waals surface area contributed by atoms with E-state index in [0.717, 1.165) is 0 Å². The zero-order valence-corrected chi connectivity index (χ0v) is 13.0. The summed E-state index contributed by atoms with van der Waals surface area (Å²) >= 11 is 0. The molecule has 0 spiro atoms. The second kappa shape index (κ2) is 5.39. The average Bonchev–Trinajstić information content (AvgIpc) is 2.86. The van der Waals surface area contributed by atoms with Crippen molar-refractivity contribution in [1.29, 1.82) is 0 Å². The van der Waals surface area contributed by atoms with Gasteiger partial charge in [-0.25, -0.2) is 12.8 Å². The molecule has 0 bridgehead atoms. The summed E-state index contributed by atoms with van der Waals surface area (Å²) in [5, 5.41) is -0.0767. The minimum absolute atomic E-state index is 0.0332. The van der Waals surface area contributed by atoms with Crippen LogP contribution in [0.15, 0.2) is 24.3 Å². The zero-order valence-electron chi connectivity index (χ0n) is 12.2. The summed E-state index contributed by atoms with van der Waals surface area (Å²) in [7, 11) is -3.14. The number of benzene rings is 1. The summed E-state index contributed by atoms with van der Waals surface area (Å²) in [5.41, 5.74) is 0.839. The Morgan fingerprint density at radius 1 is 1.36 bits per heavy atom. The lowest BCUT2D eigenvalue weighted by atomic mass is 10.2. The Kier molecular flexibility index (Phi) is 3.68. The number of carbonyl (C=O) groups is 1. The van der Waals surface area contributed by atoms with Gasteiger partial charge in [-0.2, -0.15) is 0 Å². The fraction of sp³-hybridized carbons (Fsp3) is 0.400. The van der Waals surface area contributed by atoms with Crippen molar-refractivity contribution < 1.29 is 17.6 Å². The molecular formula is C15H17FN2O3S. The number of H-pyrrole nitrogens is 1. The molecule has 1 unspecified atom stereocenters. The van der Waals surface area contributed by atoms with Crippen molar-refractivity contribution in [3.63, 3.8) is 0 Å². The highest BCUT2D eigenvalue weighted by Gasteiger charge is 2.29. The maximum atomic E-state index is 13.7. The fourth-order valence-electron chi connectivity index (χ4n) is 2.67. The van der Waals surface area contributed by atoms with Crippen LogP contribution in [0.4, 0.5) is 4.39 Å². The van der Waals surface area contributed by atoms with E-state index in [9.17, 15) is 17.6 Å². The summed E-state index contributed by atoms with van der Waals surface area (Å²) in [4.78, 5) is 17.0. The molecule has 2 aromatic rings. The van der Waals surface area contributed by atoms with Gasteiger partial charge in [-0.05, 0) is 31.5 Å². The second-order valence-electron chi connectivity index (χ2n) is 5.64. The molecule has 118 valence electrons. The third kappa shape index (κ3) is 2.61. The molecule has 1 fully saturated rings. The van der Waals surface area contributed by atoms with E-state index in [2.05, 4.69) is 4.98 Å². The quantitative estimate of drug-likeness (QED) is 0.872. The van der Waals surface area contributed by atoms with Gasteiger partial charge in [-0.3, -0.25) is 4.79 Å². The van der Waals surface area contributed by atoms with E-state index in [-0.39, 0.29) is 29.7 Å². The molecule has 22 heavy (non-hydrogen) atoms. The first-order valence-corrected chi connectivity index (χ1v) is 8.88. The van der Waals surface area contributed by atoms with Crippen molar-refractivity contribution in [3.8, 4) is 0 Å². The number of sulfone groups is 1. The summed E-state index contributed by atoms with van der Waals surface area (Å²) in [6, 6.07) is 6.09. The van der Waals surface area contributed by atoms with E-state index in [1.165, 1.54) is 17.0 Å². The molecule has 1 atom stereocenters. The van der Waals surface area contributed by atoms with E-state index in [4.69, 9.17) is 0 Å². The Morgan fingerprint density at radius 2 is 2.14 bits per heavy atom. The zero-order chi connectivity index (χ0) is 15.9. The van der Waals surface area contributed by atoms with E-state index in [0.29, 0.717) is 23.9 Å². The molecule has 5 nitrogen and oxygen atoms in total. The van der Waals surface area contributed by atoms with E-state index in [1.807, 2.05) is 0 Å². The van der Waals surface area contributed by atoms with Gasteiger partial charge in [0.2, 0.25) is 0 Å². The largest absolute Gasteiger partial charge is 0.350 e. The highest BCUT2D eigenvalue weighted by atomic mass is 32.2. The molecule has 1 saturated heterocycles. The number of hydrogen-bond donors (Lipinski definition) is 1. The summed E-state index contributed by atoms with van der Waals surface area (Å²) in [6.07, 6.45) is 0.419. The third-order valence-electron chi connectivity index (χ3n) is 4.19. The molecule has 1 aliphatic rings. The second-order valence-corrected chi connectivity index (χ2v) is 8.18. The van der Waals surface area contributed by atoms with Crippen molar-refractivity contribution in [1.82, 2.24) is 9.88 Å². The van der Waals surface area contributed by atoms with Gasteiger partial charge in [0.1, 0.15) is 11.5 Å². The number of aromatic nitrogens is 1. The molecule has 0 saturated carbocycles. The van der Waals surface area contributed by atoms with Crippen LogP contribution in [0.1, 0.15) is 23.8 Å². The highest BCUT2D eigenvalue weighted by molar-refractivity contribution is 7.92. The van der Waals surface area contributed by atoms with Gasteiger partial charge in [-0.15, -0.1) is 0 Å². The van der Waals surface area contributed by atoms with Crippen LogP contribution in [0.25, 0.3) is 10.9 Å².